The van der Waals surface area contributed by atoms with Crippen LogP contribution < -0.4 is 0 Å². The molecule has 1 aromatic rings. The number of rotatable bonds is 1. The predicted octanol–water partition coefficient (Wildman–Crippen LogP) is 5.16. The minimum atomic E-state index is -4.00. The van der Waals surface area contributed by atoms with Gasteiger partial charge in [0.25, 0.3) is 0 Å². The Labute approximate surface area is 101 Å². The molecule has 0 aliphatic heterocycles. The van der Waals surface area contributed by atoms with Crippen LogP contribution in [-0.4, -0.2) is 6.18 Å². The van der Waals surface area contributed by atoms with Gasteiger partial charge in [0.2, 0.25) is 0 Å². The van der Waals surface area contributed by atoms with Crippen molar-refractivity contribution in [2.45, 2.75) is 45.2 Å². The monoisotopic (exact) mass is 244 g/mol. The van der Waals surface area contributed by atoms with E-state index >= 15 is 0 Å². The summed E-state index contributed by atoms with van der Waals surface area (Å²) in [4.78, 5) is 0. The van der Waals surface area contributed by atoms with Crippen LogP contribution in [0.1, 0.15) is 44.6 Å². The van der Waals surface area contributed by atoms with Gasteiger partial charge in [-0.15, -0.1) is 0 Å². The molecule has 0 heterocycles. The molecule has 0 aromatic heterocycles. The zero-order chi connectivity index (χ0) is 12.9. The second-order valence-electron chi connectivity index (χ2n) is 4.81. The van der Waals surface area contributed by atoms with E-state index in [1.165, 1.54) is 19.3 Å². The molecule has 1 aromatic carbocycles. The Morgan fingerprint density at radius 1 is 1.06 bits per heavy atom. The van der Waals surface area contributed by atoms with Crippen LogP contribution in [0.25, 0.3) is 0 Å². The summed E-state index contributed by atoms with van der Waals surface area (Å²) in [5, 5.41) is 0. The number of halogens is 3. The highest BCUT2D eigenvalue weighted by atomic mass is 19.4. The van der Waals surface area contributed by atoms with Gasteiger partial charge in [-0.3, -0.25) is 0 Å². The van der Waals surface area contributed by atoms with Crippen LogP contribution >= 0.6 is 0 Å². The van der Waals surface area contributed by atoms with Crippen LogP contribution in [-0.2, 0) is 0 Å². The van der Waals surface area contributed by atoms with E-state index in [0.717, 1.165) is 11.8 Å². The van der Waals surface area contributed by atoms with E-state index in [1.807, 2.05) is 0 Å². The third-order valence-electron chi connectivity index (χ3n) is 2.97. The predicted molar refractivity (Wildman–Crippen MR) is 63.9 cm³/mol. The van der Waals surface area contributed by atoms with E-state index in [1.54, 1.807) is 5.56 Å². The highest BCUT2D eigenvalue weighted by molar-refractivity contribution is 5.20. The SMILES string of the molecule is CC(F)(F)F.CC1CCC(c2ccccc2)C1. The molecule has 1 fully saturated rings. The first-order chi connectivity index (χ1) is 7.86. The fraction of sp³-hybridized carbons (Fsp3) is 0.571. The summed E-state index contributed by atoms with van der Waals surface area (Å²) in [5.41, 5.74) is 1.54. The Kier molecular flexibility index (Phi) is 5.03. The minimum absolute atomic E-state index is 0.188. The van der Waals surface area contributed by atoms with Crippen molar-refractivity contribution in [2.75, 3.05) is 0 Å². The first-order valence-corrected chi connectivity index (χ1v) is 5.98. The van der Waals surface area contributed by atoms with Crippen LogP contribution in [0.5, 0.6) is 0 Å². The summed E-state index contributed by atoms with van der Waals surface area (Å²) < 4.78 is 31.1. The van der Waals surface area contributed by atoms with E-state index in [-0.39, 0.29) is 6.92 Å². The van der Waals surface area contributed by atoms with Crippen molar-refractivity contribution < 1.29 is 13.2 Å². The molecule has 0 nitrogen and oxygen atoms in total. The molecule has 0 saturated heterocycles. The van der Waals surface area contributed by atoms with Crippen molar-refractivity contribution in [3.8, 4) is 0 Å². The van der Waals surface area contributed by atoms with Gasteiger partial charge in [0, 0.05) is 6.92 Å². The highest BCUT2D eigenvalue weighted by Crippen LogP contribution is 2.37. The zero-order valence-corrected chi connectivity index (χ0v) is 10.3. The molecule has 2 rings (SSSR count). The Morgan fingerprint density at radius 3 is 2.00 bits per heavy atom. The lowest BCUT2D eigenvalue weighted by Gasteiger charge is -2.08. The second-order valence-corrected chi connectivity index (χ2v) is 4.81. The Morgan fingerprint density at radius 2 is 1.59 bits per heavy atom. The maximum atomic E-state index is 10.4. The van der Waals surface area contributed by atoms with E-state index < -0.39 is 6.18 Å². The lowest BCUT2D eigenvalue weighted by atomic mass is 9.97. The molecule has 2 atom stereocenters. The standard InChI is InChI=1S/C12H16.C2H3F3/c1-10-7-8-12(9-10)11-5-3-2-4-6-11;1-2(3,4)5/h2-6,10,12H,7-9H2,1H3;1H3. The molecule has 0 spiro atoms. The molecular formula is C14H19F3. The minimum Gasteiger partial charge on any atom is -0.172 e. The topological polar surface area (TPSA) is 0 Å². The largest absolute Gasteiger partial charge is 0.386 e. The second kappa shape index (κ2) is 6.08. The normalized spacial score (nSPS) is 24.1. The average molecular weight is 244 g/mol. The molecular weight excluding hydrogens is 225 g/mol. The van der Waals surface area contributed by atoms with E-state index in [2.05, 4.69) is 37.3 Å². The van der Waals surface area contributed by atoms with Gasteiger partial charge < -0.3 is 0 Å². The Balaban J connectivity index is 0.000000249. The first-order valence-electron chi connectivity index (χ1n) is 5.98. The molecule has 3 heteroatoms. The highest BCUT2D eigenvalue weighted by Gasteiger charge is 2.21. The van der Waals surface area contributed by atoms with Crippen molar-refractivity contribution >= 4 is 0 Å². The molecule has 96 valence electrons. The van der Waals surface area contributed by atoms with Gasteiger partial charge in [0.05, 0.1) is 0 Å². The molecule has 0 amide bonds. The first kappa shape index (κ1) is 14.1. The van der Waals surface area contributed by atoms with Crippen LogP contribution in [0.4, 0.5) is 13.2 Å². The smallest absolute Gasteiger partial charge is 0.172 e. The molecule has 0 bridgehead atoms. The molecule has 1 aliphatic carbocycles. The third-order valence-corrected chi connectivity index (χ3v) is 2.97. The summed E-state index contributed by atoms with van der Waals surface area (Å²) in [6.45, 7) is 2.55. The van der Waals surface area contributed by atoms with Gasteiger partial charge in [-0.25, -0.2) is 0 Å². The molecule has 1 aliphatic rings. The van der Waals surface area contributed by atoms with Crippen molar-refractivity contribution in [2.24, 2.45) is 5.92 Å². The van der Waals surface area contributed by atoms with Crippen LogP contribution in [0.3, 0.4) is 0 Å². The third kappa shape index (κ3) is 6.35. The Hall–Kier alpha value is -0.990. The maximum absolute atomic E-state index is 10.4. The van der Waals surface area contributed by atoms with Gasteiger partial charge in [0.15, 0.2) is 0 Å². The summed E-state index contributed by atoms with van der Waals surface area (Å²) in [6.07, 6.45) is 0.203. The number of benzene rings is 1. The van der Waals surface area contributed by atoms with Gasteiger partial charge in [0.1, 0.15) is 0 Å². The van der Waals surface area contributed by atoms with Crippen LogP contribution in [0, 0.1) is 5.92 Å². The molecule has 17 heavy (non-hydrogen) atoms. The summed E-state index contributed by atoms with van der Waals surface area (Å²) in [6, 6.07) is 10.9. The van der Waals surface area contributed by atoms with Crippen molar-refractivity contribution in [3.05, 3.63) is 35.9 Å². The van der Waals surface area contributed by atoms with Gasteiger partial charge in [-0.05, 0) is 30.2 Å². The van der Waals surface area contributed by atoms with E-state index in [0.29, 0.717) is 0 Å². The van der Waals surface area contributed by atoms with E-state index in [4.69, 9.17) is 0 Å². The van der Waals surface area contributed by atoms with Gasteiger partial charge in [-0.2, -0.15) is 13.2 Å². The van der Waals surface area contributed by atoms with Crippen LogP contribution in [0.2, 0.25) is 0 Å². The molecule has 0 N–H and O–H groups in total. The number of hydrogen-bond donors (Lipinski definition) is 0. The quantitative estimate of drug-likeness (QED) is 0.640. The van der Waals surface area contributed by atoms with E-state index in [9.17, 15) is 13.2 Å². The number of alkyl halides is 3. The molecule has 0 radical (unpaired) electrons. The number of hydrogen-bond acceptors (Lipinski definition) is 0. The molecule has 2 unspecified atom stereocenters. The van der Waals surface area contributed by atoms with Crippen molar-refractivity contribution in [3.63, 3.8) is 0 Å². The molecule has 1 saturated carbocycles. The summed E-state index contributed by atoms with van der Waals surface area (Å²) in [5.74, 6) is 1.79. The van der Waals surface area contributed by atoms with Gasteiger partial charge >= 0.3 is 6.18 Å². The zero-order valence-electron chi connectivity index (χ0n) is 10.3. The van der Waals surface area contributed by atoms with Crippen molar-refractivity contribution in [1.29, 1.82) is 0 Å². The lowest BCUT2D eigenvalue weighted by molar-refractivity contribution is -0.110. The maximum Gasteiger partial charge on any atom is 0.386 e. The van der Waals surface area contributed by atoms with Crippen molar-refractivity contribution in [1.82, 2.24) is 0 Å². The Bertz CT molecular complexity index is 310. The lowest BCUT2D eigenvalue weighted by Crippen LogP contribution is -1.95. The van der Waals surface area contributed by atoms with Gasteiger partial charge in [-0.1, -0.05) is 43.7 Å². The van der Waals surface area contributed by atoms with Crippen LogP contribution in [0.15, 0.2) is 30.3 Å². The fourth-order valence-corrected chi connectivity index (χ4v) is 2.24. The summed E-state index contributed by atoms with van der Waals surface area (Å²) >= 11 is 0. The fourth-order valence-electron chi connectivity index (χ4n) is 2.24. The summed E-state index contributed by atoms with van der Waals surface area (Å²) in [7, 11) is 0. The average Bonchev–Trinajstić information content (AvgIpc) is 2.64.